The van der Waals surface area contributed by atoms with Crippen LogP contribution in [0.3, 0.4) is 0 Å². The lowest BCUT2D eigenvalue weighted by Gasteiger charge is -2.33. The van der Waals surface area contributed by atoms with Gasteiger partial charge in [-0.1, -0.05) is 0 Å². The summed E-state index contributed by atoms with van der Waals surface area (Å²) < 4.78 is 0. The van der Waals surface area contributed by atoms with E-state index in [1.54, 1.807) is 23.5 Å². The summed E-state index contributed by atoms with van der Waals surface area (Å²) in [6.45, 7) is 1.63. The third-order valence-electron chi connectivity index (χ3n) is 2.60. The van der Waals surface area contributed by atoms with E-state index in [0.717, 1.165) is 30.9 Å². The topological polar surface area (TPSA) is 57.6 Å². The molecule has 1 aromatic heterocycles. The van der Waals surface area contributed by atoms with E-state index in [4.69, 9.17) is 0 Å². The normalized spacial score (nSPS) is 17.6. The average molecular weight is 283 g/mol. The maximum Gasteiger partial charge on any atom is 0.270 e. The van der Waals surface area contributed by atoms with Gasteiger partial charge in [-0.2, -0.15) is 0 Å². The number of hydrogen-bond acceptors (Lipinski definition) is 4. The van der Waals surface area contributed by atoms with Crippen molar-refractivity contribution in [2.45, 2.75) is 6.42 Å². The maximum absolute atomic E-state index is 11.7. The molecule has 0 aliphatic carbocycles. The Morgan fingerprint density at radius 3 is 3.12 bits per heavy atom. The molecule has 0 radical (unpaired) electrons. The van der Waals surface area contributed by atoms with Crippen molar-refractivity contribution < 1.29 is 4.79 Å². The molecule has 6 heteroatoms. The number of aromatic nitrogens is 1. The number of rotatable bonds is 0. The number of hydrazine groups is 1. The summed E-state index contributed by atoms with van der Waals surface area (Å²) in [7, 11) is 0. The molecule has 3 rings (SSSR count). The number of carbonyl (C=O) groups excluding carboxylic acids is 1. The fourth-order valence-corrected chi connectivity index (χ4v) is 1.90. The van der Waals surface area contributed by atoms with Gasteiger partial charge in [0.15, 0.2) is 5.84 Å². The number of nitrogens with one attached hydrogen (secondary N) is 1. The first kappa shape index (κ1) is 11.1. The van der Waals surface area contributed by atoms with Gasteiger partial charge in [-0.3, -0.25) is 25.2 Å². The third kappa shape index (κ3) is 1.59. The van der Waals surface area contributed by atoms with E-state index in [2.05, 4.69) is 15.4 Å². The van der Waals surface area contributed by atoms with Crippen LogP contribution in [0.4, 0.5) is 0 Å². The molecule has 1 amide bonds. The monoisotopic (exact) mass is 282 g/mol. The summed E-state index contributed by atoms with van der Waals surface area (Å²) in [4.78, 5) is 20.2. The van der Waals surface area contributed by atoms with E-state index in [9.17, 15) is 4.79 Å². The molecule has 0 saturated heterocycles. The van der Waals surface area contributed by atoms with Crippen molar-refractivity contribution in [1.29, 1.82) is 0 Å². The van der Waals surface area contributed by atoms with Crippen molar-refractivity contribution in [3.8, 4) is 0 Å². The standard InChI is InChI=1S/C10H10N4O.BrH/c15-10-7-2-4-11-6-8(7)9-12-3-1-5-14(9)13-10;/h2,4,6H,1,3,5H2,(H,13,15);1H. The fraction of sp³-hybridized carbons (Fsp3) is 0.300. The second kappa shape index (κ2) is 4.21. The summed E-state index contributed by atoms with van der Waals surface area (Å²) in [6.07, 6.45) is 4.29. The quantitative estimate of drug-likeness (QED) is 0.765. The Morgan fingerprint density at radius 2 is 2.25 bits per heavy atom. The molecule has 0 fully saturated rings. The molecular weight excluding hydrogens is 272 g/mol. The van der Waals surface area contributed by atoms with Crippen LogP contribution in [0, 0.1) is 0 Å². The zero-order chi connectivity index (χ0) is 10.3. The first-order valence-corrected chi connectivity index (χ1v) is 4.93. The molecule has 0 bridgehead atoms. The molecular formula is C10H11BrN4O. The molecule has 84 valence electrons. The van der Waals surface area contributed by atoms with E-state index in [1.165, 1.54) is 0 Å². The Morgan fingerprint density at radius 1 is 1.38 bits per heavy atom. The van der Waals surface area contributed by atoms with Crippen molar-refractivity contribution in [2.24, 2.45) is 4.99 Å². The highest BCUT2D eigenvalue weighted by Crippen LogP contribution is 2.18. The average Bonchev–Trinajstić information content (AvgIpc) is 2.30. The predicted octanol–water partition coefficient (Wildman–Crippen LogP) is 0.770. The molecule has 5 nitrogen and oxygen atoms in total. The molecule has 0 unspecified atom stereocenters. The predicted molar refractivity (Wildman–Crippen MR) is 64.8 cm³/mol. The minimum Gasteiger partial charge on any atom is -0.268 e. The lowest BCUT2D eigenvalue weighted by Crippen LogP contribution is -2.53. The Balaban J connectivity index is 0.000000963. The van der Waals surface area contributed by atoms with Crippen LogP contribution in [-0.2, 0) is 0 Å². The number of fused-ring (bicyclic) bond motifs is 3. The minimum absolute atomic E-state index is 0. The first-order chi connectivity index (χ1) is 7.36. The molecule has 1 N–H and O–H groups in total. The van der Waals surface area contributed by atoms with Gasteiger partial charge >= 0.3 is 0 Å². The van der Waals surface area contributed by atoms with Crippen LogP contribution in [0.25, 0.3) is 0 Å². The molecule has 0 saturated carbocycles. The van der Waals surface area contributed by atoms with Crippen molar-refractivity contribution in [3.05, 3.63) is 29.6 Å². The summed E-state index contributed by atoms with van der Waals surface area (Å²) in [5.74, 6) is 0.761. The molecule has 16 heavy (non-hydrogen) atoms. The Labute approximate surface area is 103 Å². The van der Waals surface area contributed by atoms with Crippen LogP contribution in [0.15, 0.2) is 23.5 Å². The van der Waals surface area contributed by atoms with E-state index in [1.807, 2.05) is 0 Å². The fourth-order valence-electron chi connectivity index (χ4n) is 1.90. The Kier molecular flexibility index (Phi) is 2.91. The van der Waals surface area contributed by atoms with E-state index in [-0.39, 0.29) is 22.9 Å². The number of hydrogen-bond donors (Lipinski definition) is 1. The second-order valence-electron chi connectivity index (χ2n) is 3.57. The summed E-state index contributed by atoms with van der Waals surface area (Å²) in [6, 6.07) is 1.72. The minimum atomic E-state index is -0.0757. The van der Waals surface area contributed by atoms with Crippen molar-refractivity contribution >= 4 is 28.7 Å². The second-order valence-corrected chi connectivity index (χ2v) is 3.57. The number of nitrogens with zero attached hydrogens (tertiary/aromatic N) is 3. The van der Waals surface area contributed by atoms with Gasteiger partial charge in [-0.05, 0) is 12.5 Å². The first-order valence-electron chi connectivity index (χ1n) is 4.93. The molecule has 0 aromatic carbocycles. The maximum atomic E-state index is 11.7. The number of amidine groups is 1. The van der Waals surface area contributed by atoms with E-state index < -0.39 is 0 Å². The van der Waals surface area contributed by atoms with E-state index in [0.29, 0.717) is 5.56 Å². The molecule has 2 aliphatic rings. The smallest absolute Gasteiger partial charge is 0.268 e. The SMILES string of the molecule is Br.O=C1NN2CCCN=C2c2cnccc21. The molecule has 0 atom stereocenters. The van der Waals surface area contributed by atoms with Gasteiger partial charge in [0, 0.05) is 31.0 Å². The number of aliphatic imine (C=N–C) groups is 1. The van der Waals surface area contributed by atoms with Crippen LogP contribution in [0.5, 0.6) is 0 Å². The number of amides is 1. The van der Waals surface area contributed by atoms with Gasteiger partial charge in [0.05, 0.1) is 5.56 Å². The van der Waals surface area contributed by atoms with Gasteiger partial charge in [-0.25, -0.2) is 0 Å². The number of carbonyl (C=O) groups is 1. The zero-order valence-corrected chi connectivity index (χ0v) is 10.2. The third-order valence-corrected chi connectivity index (χ3v) is 2.60. The highest BCUT2D eigenvalue weighted by Gasteiger charge is 2.28. The lowest BCUT2D eigenvalue weighted by atomic mass is 10.1. The largest absolute Gasteiger partial charge is 0.270 e. The molecule has 3 heterocycles. The Hall–Kier alpha value is -1.43. The van der Waals surface area contributed by atoms with Crippen LogP contribution in [-0.4, -0.2) is 34.8 Å². The van der Waals surface area contributed by atoms with Crippen LogP contribution in [0.2, 0.25) is 0 Å². The van der Waals surface area contributed by atoms with Crippen LogP contribution >= 0.6 is 17.0 Å². The van der Waals surface area contributed by atoms with E-state index >= 15 is 0 Å². The highest BCUT2D eigenvalue weighted by molar-refractivity contribution is 8.93. The van der Waals surface area contributed by atoms with Gasteiger partial charge in [0.1, 0.15) is 0 Å². The summed E-state index contributed by atoms with van der Waals surface area (Å²) in [5, 5.41) is 1.80. The molecule has 2 aliphatic heterocycles. The summed E-state index contributed by atoms with van der Waals surface area (Å²) in [5.41, 5.74) is 4.30. The van der Waals surface area contributed by atoms with Gasteiger partial charge in [0.25, 0.3) is 5.91 Å². The number of pyridine rings is 1. The van der Waals surface area contributed by atoms with Gasteiger partial charge < -0.3 is 0 Å². The molecule has 1 aromatic rings. The zero-order valence-electron chi connectivity index (χ0n) is 8.51. The van der Waals surface area contributed by atoms with Crippen molar-refractivity contribution in [3.63, 3.8) is 0 Å². The Bertz CT molecular complexity index is 460. The van der Waals surface area contributed by atoms with Gasteiger partial charge in [-0.15, -0.1) is 17.0 Å². The summed E-state index contributed by atoms with van der Waals surface area (Å²) >= 11 is 0. The van der Waals surface area contributed by atoms with Gasteiger partial charge in [0.2, 0.25) is 0 Å². The highest BCUT2D eigenvalue weighted by atomic mass is 79.9. The van der Waals surface area contributed by atoms with Crippen molar-refractivity contribution in [1.82, 2.24) is 15.4 Å². The lowest BCUT2D eigenvalue weighted by molar-refractivity contribution is 0.0854. The van der Waals surface area contributed by atoms with Crippen LogP contribution < -0.4 is 5.43 Å². The van der Waals surface area contributed by atoms with Crippen LogP contribution in [0.1, 0.15) is 22.3 Å². The van der Waals surface area contributed by atoms with Crippen molar-refractivity contribution in [2.75, 3.05) is 13.1 Å². The number of halogens is 1. The molecule has 0 spiro atoms.